The second-order valence-corrected chi connectivity index (χ2v) is 6.58. The SMILES string of the molecule is CC(C)CC1CN=C(NC(C)Cn2cccn2)S1. The summed E-state index contributed by atoms with van der Waals surface area (Å²) in [4.78, 5) is 4.58. The van der Waals surface area contributed by atoms with Crippen molar-refractivity contribution in [3.8, 4) is 0 Å². The molecule has 2 rings (SSSR count). The first-order chi connectivity index (χ1) is 8.63. The number of aromatic nitrogens is 2. The van der Waals surface area contributed by atoms with E-state index in [2.05, 4.69) is 36.2 Å². The van der Waals surface area contributed by atoms with Gasteiger partial charge >= 0.3 is 0 Å². The second kappa shape index (κ2) is 6.27. The maximum atomic E-state index is 4.58. The van der Waals surface area contributed by atoms with Crippen LogP contribution in [0.2, 0.25) is 0 Å². The Bertz CT molecular complexity index is 386. The normalized spacial score (nSPS) is 21.1. The van der Waals surface area contributed by atoms with Gasteiger partial charge in [-0.25, -0.2) is 0 Å². The van der Waals surface area contributed by atoms with Crippen LogP contribution >= 0.6 is 11.8 Å². The number of amidine groups is 1. The Morgan fingerprint density at radius 2 is 2.33 bits per heavy atom. The molecule has 1 aliphatic heterocycles. The summed E-state index contributed by atoms with van der Waals surface area (Å²) >= 11 is 1.89. The van der Waals surface area contributed by atoms with E-state index in [0.717, 1.165) is 24.2 Å². The highest BCUT2D eigenvalue weighted by atomic mass is 32.2. The highest BCUT2D eigenvalue weighted by Crippen LogP contribution is 2.25. The molecular weight excluding hydrogens is 244 g/mol. The number of aliphatic imine (C=N–C) groups is 1. The standard InChI is InChI=1S/C13H22N4S/c1-10(2)7-12-8-14-13(18-12)16-11(3)9-17-6-4-5-15-17/h4-6,10-12H,7-9H2,1-3H3,(H,14,16). The van der Waals surface area contributed by atoms with Gasteiger partial charge in [-0.1, -0.05) is 25.6 Å². The third kappa shape index (κ3) is 4.05. The zero-order valence-electron chi connectivity index (χ0n) is 11.3. The molecule has 100 valence electrons. The first-order valence-corrected chi connectivity index (χ1v) is 7.46. The predicted octanol–water partition coefficient (Wildman–Crippen LogP) is 2.38. The third-order valence-corrected chi connectivity index (χ3v) is 3.99. The lowest BCUT2D eigenvalue weighted by Crippen LogP contribution is -2.33. The van der Waals surface area contributed by atoms with Crippen LogP contribution in [0.25, 0.3) is 0 Å². The van der Waals surface area contributed by atoms with E-state index in [9.17, 15) is 0 Å². The zero-order valence-corrected chi connectivity index (χ0v) is 12.2. The Labute approximate surface area is 113 Å². The number of nitrogens with one attached hydrogen (secondary N) is 1. The molecule has 0 saturated carbocycles. The topological polar surface area (TPSA) is 42.2 Å². The Hall–Kier alpha value is -0.970. The predicted molar refractivity (Wildman–Crippen MR) is 78.0 cm³/mol. The number of hydrogen-bond acceptors (Lipinski definition) is 4. The Balaban J connectivity index is 1.74. The van der Waals surface area contributed by atoms with Gasteiger partial charge in [0.25, 0.3) is 0 Å². The fraction of sp³-hybridized carbons (Fsp3) is 0.692. The molecule has 0 bridgehead atoms. The summed E-state index contributed by atoms with van der Waals surface area (Å²) in [6, 6.07) is 2.31. The van der Waals surface area contributed by atoms with Crippen molar-refractivity contribution >= 4 is 16.9 Å². The van der Waals surface area contributed by atoms with Gasteiger partial charge in [-0.05, 0) is 25.3 Å². The third-order valence-electron chi connectivity index (χ3n) is 2.84. The maximum Gasteiger partial charge on any atom is 0.157 e. The molecule has 2 heterocycles. The number of rotatable bonds is 5. The molecule has 18 heavy (non-hydrogen) atoms. The lowest BCUT2D eigenvalue weighted by Gasteiger charge is -2.16. The van der Waals surface area contributed by atoms with Crippen molar-refractivity contribution in [3.63, 3.8) is 0 Å². The molecule has 0 aromatic carbocycles. The molecule has 0 saturated heterocycles. The quantitative estimate of drug-likeness (QED) is 0.889. The number of hydrogen-bond donors (Lipinski definition) is 1. The highest BCUT2D eigenvalue weighted by Gasteiger charge is 2.21. The van der Waals surface area contributed by atoms with Crippen molar-refractivity contribution in [2.24, 2.45) is 10.9 Å². The summed E-state index contributed by atoms with van der Waals surface area (Å²) in [5.74, 6) is 0.749. The average Bonchev–Trinajstić information content (AvgIpc) is 2.89. The zero-order chi connectivity index (χ0) is 13.0. The van der Waals surface area contributed by atoms with Crippen molar-refractivity contribution in [3.05, 3.63) is 18.5 Å². The molecule has 5 heteroatoms. The van der Waals surface area contributed by atoms with Crippen LogP contribution in [0.5, 0.6) is 0 Å². The molecule has 4 nitrogen and oxygen atoms in total. The summed E-state index contributed by atoms with van der Waals surface area (Å²) < 4.78 is 1.95. The molecule has 0 spiro atoms. The van der Waals surface area contributed by atoms with Crippen LogP contribution in [0.3, 0.4) is 0 Å². The van der Waals surface area contributed by atoms with Gasteiger partial charge < -0.3 is 5.32 Å². The van der Waals surface area contributed by atoms with Crippen molar-refractivity contribution < 1.29 is 0 Å². The summed E-state index contributed by atoms with van der Waals surface area (Å²) in [5, 5.41) is 9.44. The first kappa shape index (κ1) is 13.5. The van der Waals surface area contributed by atoms with E-state index >= 15 is 0 Å². The largest absolute Gasteiger partial charge is 0.361 e. The fourth-order valence-electron chi connectivity index (χ4n) is 2.09. The number of nitrogens with zero attached hydrogens (tertiary/aromatic N) is 3. The molecule has 2 unspecified atom stereocenters. The molecule has 0 aliphatic carbocycles. The Morgan fingerprint density at radius 3 is 3.00 bits per heavy atom. The van der Waals surface area contributed by atoms with E-state index in [0.29, 0.717) is 11.3 Å². The van der Waals surface area contributed by atoms with Gasteiger partial charge in [0, 0.05) is 23.7 Å². The van der Waals surface area contributed by atoms with Crippen LogP contribution in [0, 0.1) is 5.92 Å². The lowest BCUT2D eigenvalue weighted by molar-refractivity contribution is 0.507. The average molecular weight is 266 g/mol. The minimum Gasteiger partial charge on any atom is -0.361 e. The van der Waals surface area contributed by atoms with Crippen LogP contribution in [-0.4, -0.2) is 32.8 Å². The summed E-state index contributed by atoms with van der Waals surface area (Å²) in [6.45, 7) is 8.54. The first-order valence-electron chi connectivity index (χ1n) is 6.58. The van der Waals surface area contributed by atoms with Gasteiger partial charge in [-0.2, -0.15) is 5.10 Å². The van der Waals surface area contributed by atoms with Crippen molar-refractivity contribution in [1.82, 2.24) is 15.1 Å². The maximum absolute atomic E-state index is 4.58. The number of thioether (sulfide) groups is 1. The van der Waals surface area contributed by atoms with Crippen LogP contribution < -0.4 is 5.32 Å². The Kier molecular flexibility index (Phi) is 4.69. The van der Waals surface area contributed by atoms with Gasteiger partial charge in [0.2, 0.25) is 0 Å². The molecule has 0 amide bonds. The van der Waals surface area contributed by atoms with Gasteiger partial charge in [-0.3, -0.25) is 9.67 Å². The van der Waals surface area contributed by atoms with Gasteiger partial charge in [0.1, 0.15) is 0 Å². The molecule has 2 atom stereocenters. The van der Waals surface area contributed by atoms with Crippen molar-refractivity contribution in [2.75, 3.05) is 6.54 Å². The van der Waals surface area contributed by atoms with E-state index in [1.165, 1.54) is 6.42 Å². The molecular formula is C13H22N4S. The van der Waals surface area contributed by atoms with Crippen LogP contribution in [0.1, 0.15) is 27.2 Å². The smallest absolute Gasteiger partial charge is 0.157 e. The minimum absolute atomic E-state index is 0.356. The van der Waals surface area contributed by atoms with Crippen molar-refractivity contribution in [1.29, 1.82) is 0 Å². The van der Waals surface area contributed by atoms with E-state index in [-0.39, 0.29) is 0 Å². The second-order valence-electron chi connectivity index (χ2n) is 5.29. The monoisotopic (exact) mass is 266 g/mol. The minimum atomic E-state index is 0.356. The van der Waals surface area contributed by atoms with Crippen molar-refractivity contribution in [2.45, 2.75) is 45.0 Å². The Morgan fingerprint density at radius 1 is 1.50 bits per heavy atom. The van der Waals surface area contributed by atoms with E-state index in [4.69, 9.17) is 0 Å². The van der Waals surface area contributed by atoms with E-state index < -0.39 is 0 Å². The summed E-state index contributed by atoms with van der Waals surface area (Å²) in [5.41, 5.74) is 0. The molecule has 1 N–H and O–H groups in total. The summed E-state index contributed by atoms with van der Waals surface area (Å²) in [6.07, 6.45) is 5.05. The van der Waals surface area contributed by atoms with Gasteiger partial charge in [0.05, 0.1) is 13.1 Å². The van der Waals surface area contributed by atoms with Crippen LogP contribution in [0.15, 0.2) is 23.5 Å². The molecule has 1 aromatic rings. The van der Waals surface area contributed by atoms with Crippen LogP contribution in [0.4, 0.5) is 0 Å². The summed E-state index contributed by atoms with van der Waals surface area (Å²) in [7, 11) is 0. The molecule has 1 aliphatic rings. The highest BCUT2D eigenvalue weighted by molar-refractivity contribution is 8.14. The van der Waals surface area contributed by atoms with Gasteiger partial charge in [-0.15, -0.1) is 0 Å². The molecule has 1 aromatic heterocycles. The fourth-order valence-corrected chi connectivity index (χ4v) is 3.45. The van der Waals surface area contributed by atoms with Gasteiger partial charge in [0.15, 0.2) is 5.17 Å². The van der Waals surface area contributed by atoms with E-state index in [1.54, 1.807) is 0 Å². The van der Waals surface area contributed by atoms with Crippen LogP contribution in [-0.2, 0) is 6.54 Å². The lowest BCUT2D eigenvalue weighted by atomic mass is 10.1. The van der Waals surface area contributed by atoms with E-state index in [1.807, 2.05) is 34.9 Å². The molecule has 0 radical (unpaired) electrons. The molecule has 0 fully saturated rings.